The Labute approximate surface area is 183 Å². The van der Waals surface area contributed by atoms with Crippen LogP contribution < -0.4 is 9.64 Å². The molecule has 0 bridgehead atoms. The molecule has 166 valence electrons. The second-order valence-corrected chi connectivity index (χ2v) is 8.86. The quantitative estimate of drug-likeness (QED) is 0.740. The smallest absolute Gasteiger partial charge is 0.354 e. The van der Waals surface area contributed by atoms with Gasteiger partial charge in [0.05, 0.1) is 31.3 Å². The normalized spacial score (nSPS) is 24.1. The van der Waals surface area contributed by atoms with Crippen molar-refractivity contribution in [3.8, 4) is 5.75 Å². The van der Waals surface area contributed by atoms with Crippen molar-refractivity contribution >= 4 is 11.7 Å². The lowest BCUT2D eigenvalue weighted by Gasteiger charge is -2.34. The highest BCUT2D eigenvalue weighted by molar-refractivity contribution is 5.86. The second kappa shape index (κ2) is 9.64. The van der Waals surface area contributed by atoms with Gasteiger partial charge in [0.25, 0.3) is 0 Å². The van der Waals surface area contributed by atoms with Gasteiger partial charge in [-0.3, -0.25) is 4.98 Å². The number of ether oxygens (including phenoxy) is 2. The maximum atomic E-state index is 11.2. The average molecular weight is 426 g/mol. The van der Waals surface area contributed by atoms with Crippen LogP contribution in [0.4, 0.5) is 5.69 Å². The lowest BCUT2D eigenvalue weighted by molar-refractivity contribution is 0.0394. The van der Waals surface area contributed by atoms with Gasteiger partial charge in [0.2, 0.25) is 0 Å². The van der Waals surface area contributed by atoms with Crippen molar-refractivity contribution in [1.82, 2.24) is 9.97 Å². The third-order valence-corrected chi connectivity index (χ3v) is 6.43. The number of aryl methyl sites for hydroxylation is 1. The van der Waals surface area contributed by atoms with Crippen LogP contribution in [0.3, 0.4) is 0 Å². The Kier molecular flexibility index (Phi) is 6.70. The summed E-state index contributed by atoms with van der Waals surface area (Å²) in [7, 11) is 0. The topological polar surface area (TPSA) is 84.8 Å². The molecule has 1 saturated heterocycles. The Balaban J connectivity index is 1.39. The number of hydrogen-bond acceptors (Lipinski definition) is 6. The van der Waals surface area contributed by atoms with E-state index in [9.17, 15) is 9.90 Å². The van der Waals surface area contributed by atoms with Gasteiger partial charge in [-0.25, -0.2) is 9.78 Å². The molecule has 2 aromatic heterocycles. The first-order chi connectivity index (χ1) is 15.0. The summed E-state index contributed by atoms with van der Waals surface area (Å²) in [6.45, 7) is 6.84. The highest BCUT2D eigenvalue weighted by Crippen LogP contribution is 2.30. The molecule has 0 spiro atoms. The molecular formula is C24H31N3O4. The van der Waals surface area contributed by atoms with Crippen LogP contribution in [0.1, 0.15) is 60.3 Å². The number of aromatic nitrogens is 2. The van der Waals surface area contributed by atoms with Crippen molar-refractivity contribution in [2.75, 3.05) is 31.2 Å². The summed E-state index contributed by atoms with van der Waals surface area (Å²) < 4.78 is 12.0. The van der Waals surface area contributed by atoms with Gasteiger partial charge in [-0.1, -0.05) is 19.8 Å². The van der Waals surface area contributed by atoms with E-state index in [1.54, 1.807) is 19.3 Å². The van der Waals surface area contributed by atoms with Crippen LogP contribution in [0.2, 0.25) is 0 Å². The first kappa shape index (κ1) is 21.6. The molecule has 1 aliphatic carbocycles. The Hall–Kier alpha value is -2.67. The number of rotatable bonds is 6. The van der Waals surface area contributed by atoms with Crippen molar-refractivity contribution in [1.29, 1.82) is 0 Å². The van der Waals surface area contributed by atoms with Crippen LogP contribution in [-0.4, -0.2) is 47.3 Å². The average Bonchev–Trinajstić information content (AvgIpc) is 2.79. The van der Waals surface area contributed by atoms with Crippen molar-refractivity contribution in [2.24, 2.45) is 11.8 Å². The molecule has 2 aliphatic rings. The van der Waals surface area contributed by atoms with E-state index < -0.39 is 5.97 Å². The Morgan fingerprint density at radius 2 is 2.03 bits per heavy atom. The van der Waals surface area contributed by atoms with Gasteiger partial charge in [-0.15, -0.1) is 0 Å². The van der Waals surface area contributed by atoms with Crippen LogP contribution in [-0.2, 0) is 4.74 Å². The van der Waals surface area contributed by atoms with E-state index in [1.807, 2.05) is 12.3 Å². The number of aromatic carboxylic acids is 1. The Morgan fingerprint density at radius 1 is 1.23 bits per heavy atom. The predicted molar refractivity (Wildman–Crippen MR) is 118 cm³/mol. The van der Waals surface area contributed by atoms with Gasteiger partial charge < -0.3 is 19.5 Å². The molecule has 1 N–H and O–H groups in total. The van der Waals surface area contributed by atoms with E-state index in [0.29, 0.717) is 24.6 Å². The second-order valence-electron chi connectivity index (χ2n) is 8.86. The molecule has 0 amide bonds. The van der Waals surface area contributed by atoms with E-state index in [4.69, 9.17) is 9.47 Å². The summed E-state index contributed by atoms with van der Waals surface area (Å²) in [6.07, 6.45) is 10.2. The van der Waals surface area contributed by atoms with E-state index in [1.165, 1.54) is 25.7 Å². The largest absolute Gasteiger partial charge is 0.492 e. The number of carbonyl (C=O) groups is 1. The summed E-state index contributed by atoms with van der Waals surface area (Å²) in [6, 6.07) is 3.91. The van der Waals surface area contributed by atoms with Gasteiger partial charge in [0.15, 0.2) is 5.69 Å². The lowest BCUT2D eigenvalue weighted by atomic mass is 9.83. The minimum absolute atomic E-state index is 0.0814. The zero-order chi connectivity index (χ0) is 21.8. The van der Waals surface area contributed by atoms with Gasteiger partial charge >= 0.3 is 5.97 Å². The molecule has 7 nitrogen and oxygen atoms in total. The minimum atomic E-state index is -1.01. The fourth-order valence-electron chi connectivity index (χ4n) is 4.45. The van der Waals surface area contributed by atoms with Crippen molar-refractivity contribution in [3.05, 3.63) is 47.5 Å². The highest BCUT2D eigenvalue weighted by Gasteiger charge is 2.24. The highest BCUT2D eigenvalue weighted by atomic mass is 16.5. The maximum Gasteiger partial charge on any atom is 0.354 e. The molecule has 4 rings (SSSR count). The molecule has 31 heavy (non-hydrogen) atoms. The number of pyridine rings is 2. The van der Waals surface area contributed by atoms with E-state index in [2.05, 4.69) is 27.9 Å². The van der Waals surface area contributed by atoms with E-state index in [0.717, 1.165) is 36.1 Å². The van der Waals surface area contributed by atoms with E-state index >= 15 is 0 Å². The summed E-state index contributed by atoms with van der Waals surface area (Å²) in [5.74, 6) is 1.27. The van der Waals surface area contributed by atoms with Crippen LogP contribution in [0, 0.1) is 18.8 Å². The molecule has 7 heteroatoms. The van der Waals surface area contributed by atoms with Gasteiger partial charge in [-0.2, -0.15) is 0 Å². The summed E-state index contributed by atoms with van der Waals surface area (Å²) in [5, 5.41) is 9.20. The first-order valence-corrected chi connectivity index (χ1v) is 11.1. The lowest BCUT2D eigenvalue weighted by Crippen LogP contribution is -2.38. The molecule has 3 heterocycles. The van der Waals surface area contributed by atoms with Crippen molar-refractivity contribution < 1.29 is 19.4 Å². The number of nitrogens with zero attached hydrogens (tertiary/aromatic N) is 3. The monoisotopic (exact) mass is 425 g/mol. The van der Waals surface area contributed by atoms with Gasteiger partial charge in [0.1, 0.15) is 11.9 Å². The van der Waals surface area contributed by atoms with Crippen LogP contribution >= 0.6 is 0 Å². The maximum absolute atomic E-state index is 11.2. The minimum Gasteiger partial charge on any atom is -0.492 e. The molecule has 1 saturated carbocycles. The molecule has 2 fully saturated rings. The number of morpholine rings is 1. The first-order valence-electron chi connectivity index (χ1n) is 11.1. The fraction of sp³-hybridized carbons (Fsp3) is 0.542. The number of hydrogen-bond donors (Lipinski definition) is 1. The molecule has 1 unspecified atom stereocenters. The zero-order valence-electron chi connectivity index (χ0n) is 18.3. The fourth-order valence-corrected chi connectivity index (χ4v) is 4.45. The molecule has 2 aromatic rings. The van der Waals surface area contributed by atoms with Crippen molar-refractivity contribution in [2.45, 2.75) is 45.6 Å². The molecular weight excluding hydrogens is 394 g/mol. The molecule has 0 radical (unpaired) electrons. The molecule has 1 aliphatic heterocycles. The zero-order valence-corrected chi connectivity index (χ0v) is 18.3. The van der Waals surface area contributed by atoms with Gasteiger partial charge in [0, 0.05) is 30.9 Å². The number of anilines is 1. The van der Waals surface area contributed by atoms with E-state index in [-0.39, 0.29) is 11.8 Å². The van der Waals surface area contributed by atoms with Crippen LogP contribution in [0.5, 0.6) is 5.75 Å². The Morgan fingerprint density at radius 3 is 2.77 bits per heavy atom. The van der Waals surface area contributed by atoms with Crippen LogP contribution in [0.25, 0.3) is 0 Å². The predicted octanol–water partition coefficient (Wildman–Crippen LogP) is 4.27. The molecule has 1 atom stereocenters. The molecule has 0 aromatic carbocycles. The summed E-state index contributed by atoms with van der Waals surface area (Å²) in [4.78, 5) is 22.0. The summed E-state index contributed by atoms with van der Waals surface area (Å²) >= 11 is 0. The SMILES string of the molecule is Cc1cc(C2CN(c3cncc(OC[C@H]4CC[C@H](C)CC4)c3)CCO2)cnc1C(=O)O. The number of carboxylic acid groups (broad SMARTS) is 1. The Bertz CT molecular complexity index is 911. The third kappa shape index (κ3) is 5.34. The summed E-state index contributed by atoms with van der Waals surface area (Å²) in [5.41, 5.74) is 2.62. The number of carboxylic acids is 1. The van der Waals surface area contributed by atoms with Crippen molar-refractivity contribution in [3.63, 3.8) is 0 Å². The standard InChI is InChI=1S/C24H31N3O4/c1-16-3-5-18(6-4-16)15-31-21-10-20(12-25-13-21)27-7-8-30-22(14-27)19-9-17(2)23(24(28)29)26-11-19/h9-13,16,18,22H,3-8,14-15H2,1-2H3,(H,28,29)/t16-,18-,22?. The van der Waals surface area contributed by atoms with Gasteiger partial charge in [-0.05, 0) is 43.2 Å². The van der Waals surface area contributed by atoms with Crippen LogP contribution in [0.15, 0.2) is 30.7 Å². The third-order valence-electron chi connectivity index (χ3n) is 6.43.